The fourth-order valence-electron chi connectivity index (χ4n) is 6.50. The maximum absolute atomic E-state index is 14.1. The quantitative estimate of drug-likeness (QED) is 0.270. The highest BCUT2D eigenvalue weighted by atomic mass is 32.2. The Kier molecular flexibility index (Phi) is 10.9. The molecule has 0 saturated carbocycles. The first kappa shape index (κ1) is 36.0. The monoisotopic (exact) mass is 708 g/mol. The number of piperidine rings is 2. The van der Waals surface area contributed by atoms with E-state index in [0.29, 0.717) is 68.0 Å². The predicted molar refractivity (Wildman–Crippen MR) is 167 cm³/mol. The second-order valence-electron chi connectivity index (χ2n) is 12.7. The van der Waals surface area contributed by atoms with Gasteiger partial charge >= 0.3 is 6.18 Å². The molecule has 1 aromatic heterocycles. The van der Waals surface area contributed by atoms with E-state index < -0.39 is 33.8 Å². The molecule has 2 saturated heterocycles. The molecule has 3 N–H and O–H groups in total. The van der Waals surface area contributed by atoms with E-state index in [0.717, 1.165) is 24.1 Å². The maximum Gasteiger partial charge on any atom is 0.417 e. The normalized spacial score (nSPS) is 21.1. The highest BCUT2D eigenvalue weighted by Crippen LogP contribution is 2.40. The maximum atomic E-state index is 14.1. The number of aromatic nitrogens is 2. The Labute approximate surface area is 275 Å². The SMILES string of the molecule is CS(=O)(=O)N1CCc2c(c(-c3ccc(C(F)(F)F)c(SCCN4CCC(F)(F)CC4)c3)nn2CC(O)CN2CCC(C(N)=O)CC2)C1. The average Bonchev–Trinajstić information content (AvgIpc) is 3.34. The van der Waals surface area contributed by atoms with Gasteiger partial charge in [0.2, 0.25) is 15.9 Å². The molecule has 0 aliphatic carbocycles. The molecule has 262 valence electrons. The van der Waals surface area contributed by atoms with Crippen LogP contribution in [-0.2, 0) is 40.5 Å². The van der Waals surface area contributed by atoms with Crippen LogP contribution in [0.4, 0.5) is 22.0 Å². The van der Waals surface area contributed by atoms with Crippen molar-refractivity contribution < 1.29 is 40.3 Å². The third kappa shape index (κ3) is 9.03. The molecule has 0 bridgehead atoms. The fraction of sp³-hybridized carbons (Fsp3) is 0.667. The summed E-state index contributed by atoms with van der Waals surface area (Å²) in [6.07, 6.45) is -3.41. The summed E-state index contributed by atoms with van der Waals surface area (Å²) in [6, 6.07) is 3.72. The topological polar surface area (TPSA) is 125 Å². The number of hydrogen-bond donors (Lipinski definition) is 2. The number of benzene rings is 1. The number of nitrogens with zero attached hydrogens (tertiary/aromatic N) is 5. The van der Waals surface area contributed by atoms with Gasteiger partial charge in [-0.3, -0.25) is 9.48 Å². The molecule has 1 amide bonds. The number of aliphatic hydroxyl groups excluding tert-OH is 1. The van der Waals surface area contributed by atoms with E-state index in [9.17, 15) is 40.3 Å². The fourth-order valence-corrected chi connectivity index (χ4v) is 8.40. The van der Waals surface area contributed by atoms with Crippen LogP contribution >= 0.6 is 11.8 Å². The molecule has 0 spiro atoms. The number of alkyl halides is 5. The van der Waals surface area contributed by atoms with Gasteiger partial charge in [0.1, 0.15) is 0 Å². The highest BCUT2D eigenvalue weighted by Gasteiger charge is 2.36. The van der Waals surface area contributed by atoms with Gasteiger partial charge in [-0.1, -0.05) is 6.07 Å². The Hall–Kier alpha value is -2.31. The number of β-amino-alcohol motifs (C(OH)–C–C–N with tert-alkyl or cyclic N) is 1. The number of halogens is 5. The number of nitrogens with two attached hydrogens (primary N) is 1. The zero-order valence-electron chi connectivity index (χ0n) is 26.2. The van der Waals surface area contributed by atoms with Crippen LogP contribution in [0.25, 0.3) is 11.3 Å². The summed E-state index contributed by atoms with van der Waals surface area (Å²) in [5, 5.41) is 15.8. The molecule has 5 rings (SSSR count). The number of primary amides is 1. The third-order valence-corrected chi connectivity index (χ3v) is 11.5. The molecule has 2 fully saturated rings. The van der Waals surface area contributed by atoms with Crippen LogP contribution in [0.3, 0.4) is 0 Å². The van der Waals surface area contributed by atoms with Gasteiger partial charge in [-0.15, -0.1) is 11.8 Å². The number of sulfonamides is 1. The molecule has 1 aromatic carbocycles. The number of carbonyl (C=O) groups is 1. The zero-order chi connectivity index (χ0) is 34.1. The van der Waals surface area contributed by atoms with E-state index >= 15 is 0 Å². The number of rotatable bonds is 11. The number of aliphatic hydroxyl groups is 1. The van der Waals surface area contributed by atoms with Crippen molar-refractivity contribution in [1.82, 2.24) is 23.9 Å². The molecule has 1 atom stereocenters. The van der Waals surface area contributed by atoms with Crippen molar-refractivity contribution in [2.45, 2.75) is 68.3 Å². The molecule has 2 aromatic rings. The number of carbonyl (C=O) groups excluding carboxylic acids is 1. The molecule has 17 heteroatoms. The first-order valence-electron chi connectivity index (χ1n) is 15.7. The van der Waals surface area contributed by atoms with Crippen LogP contribution in [0, 0.1) is 5.92 Å². The van der Waals surface area contributed by atoms with Gasteiger partial charge in [-0.2, -0.15) is 22.6 Å². The first-order chi connectivity index (χ1) is 22.0. The van der Waals surface area contributed by atoms with Gasteiger partial charge in [0, 0.05) is 91.9 Å². The van der Waals surface area contributed by atoms with Crippen LogP contribution in [-0.4, -0.2) is 113 Å². The Bertz CT molecular complexity index is 1540. The Morgan fingerprint density at radius 2 is 1.79 bits per heavy atom. The van der Waals surface area contributed by atoms with E-state index in [-0.39, 0.29) is 68.0 Å². The standard InChI is InChI=1S/C30H41F5N6O4S2/c1-47(44,45)40-11-6-25-23(19-40)27(37-41(25)18-22(42)17-39-9-4-20(5-10-39)28(36)43)21-2-3-24(30(33,34)35)26(16-21)46-15-14-38-12-7-29(31,32)8-13-38/h2-3,16,20,22,42H,4-15,17-19H2,1H3,(H2,36,43). The summed E-state index contributed by atoms with van der Waals surface area (Å²) in [7, 11) is -3.57. The van der Waals surface area contributed by atoms with Crippen LogP contribution in [0.1, 0.15) is 42.5 Å². The third-order valence-electron chi connectivity index (χ3n) is 9.22. The molecule has 10 nitrogen and oxygen atoms in total. The second kappa shape index (κ2) is 14.3. The van der Waals surface area contributed by atoms with E-state index in [1.54, 1.807) is 4.68 Å². The molecule has 47 heavy (non-hydrogen) atoms. The van der Waals surface area contributed by atoms with Crippen molar-refractivity contribution in [3.8, 4) is 11.3 Å². The van der Waals surface area contributed by atoms with Crippen LogP contribution in [0.5, 0.6) is 0 Å². The van der Waals surface area contributed by atoms with Crippen molar-refractivity contribution in [2.24, 2.45) is 11.7 Å². The summed E-state index contributed by atoms with van der Waals surface area (Å²) in [5.41, 5.74) is 6.61. The average molecular weight is 709 g/mol. The van der Waals surface area contributed by atoms with Crippen LogP contribution in [0.2, 0.25) is 0 Å². The number of fused-ring (bicyclic) bond motifs is 1. The van der Waals surface area contributed by atoms with Crippen molar-refractivity contribution in [3.05, 3.63) is 35.0 Å². The van der Waals surface area contributed by atoms with Gasteiger partial charge in [0.15, 0.2) is 0 Å². The molecule has 0 radical (unpaired) electrons. The van der Waals surface area contributed by atoms with E-state index in [1.165, 1.54) is 16.4 Å². The lowest BCUT2D eigenvalue weighted by atomic mass is 9.96. The Morgan fingerprint density at radius 1 is 1.11 bits per heavy atom. The second-order valence-corrected chi connectivity index (χ2v) is 15.8. The summed E-state index contributed by atoms with van der Waals surface area (Å²) in [5.74, 6) is -2.97. The zero-order valence-corrected chi connectivity index (χ0v) is 27.8. The largest absolute Gasteiger partial charge is 0.417 e. The van der Waals surface area contributed by atoms with Crippen molar-refractivity contribution in [1.29, 1.82) is 0 Å². The van der Waals surface area contributed by atoms with Gasteiger partial charge in [0.05, 0.1) is 30.2 Å². The van der Waals surface area contributed by atoms with Gasteiger partial charge < -0.3 is 20.6 Å². The molecule has 3 aliphatic heterocycles. The summed E-state index contributed by atoms with van der Waals surface area (Å²) >= 11 is 0.993. The highest BCUT2D eigenvalue weighted by molar-refractivity contribution is 7.99. The van der Waals surface area contributed by atoms with Gasteiger partial charge in [0.25, 0.3) is 5.92 Å². The molecule has 4 heterocycles. The Balaban J connectivity index is 1.38. The molecular formula is C30H41F5N6O4S2. The summed E-state index contributed by atoms with van der Waals surface area (Å²) in [6.45, 7) is 2.52. The minimum absolute atomic E-state index is 0.0106. The number of likely N-dealkylation sites (tertiary alicyclic amines) is 2. The van der Waals surface area contributed by atoms with E-state index in [1.807, 2.05) is 9.80 Å². The van der Waals surface area contributed by atoms with E-state index in [2.05, 4.69) is 0 Å². The lowest BCUT2D eigenvalue weighted by molar-refractivity contribution is -0.139. The minimum atomic E-state index is -4.63. The van der Waals surface area contributed by atoms with E-state index in [4.69, 9.17) is 10.8 Å². The number of amides is 1. The Morgan fingerprint density at radius 3 is 2.40 bits per heavy atom. The van der Waals surface area contributed by atoms with Crippen LogP contribution < -0.4 is 5.73 Å². The minimum Gasteiger partial charge on any atom is -0.390 e. The molecule has 3 aliphatic rings. The van der Waals surface area contributed by atoms with Crippen molar-refractivity contribution >= 4 is 27.7 Å². The molecular weight excluding hydrogens is 667 g/mol. The number of hydrogen-bond acceptors (Lipinski definition) is 8. The molecule has 1 unspecified atom stereocenters. The smallest absolute Gasteiger partial charge is 0.390 e. The summed E-state index contributed by atoms with van der Waals surface area (Å²) < 4.78 is 97.1. The lowest BCUT2D eigenvalue weighted by Crippen LogP contribution is -2.43. The van der Waals surface area contributed by atoms with Crippen molar-refractivity contribution in [2.75, 3.05) is 57.8 Å². The van der Waals surface area contributed by atoms with Crippen molar-refractivity contribution in [3.63, 3.8) is 0 Å². The lowest BCUT2D eigenvalue weighted by Gasteiger charge is -2.32. The predicted octanol–water partition coefficient (Wildman–Crippen LogP) is 3.27. The number of thioether (sulfide) groups is 1. The summed E-state index contributed by atoms with van der Waals surface area (Å²) in [4.78, 5) is 15.3. The first-order valence-corrected chi connectivity index (χ1v) is 18.5. The van der Waals surface area contributed by atoms with Gasteiger partial charge in [-0.25, -0.2) is 17.2 Å². The van der Waals surface area contributed by atoms with Crippen LogP contribution in [0.15, 0.2) is 23.1 Å². The van der Waals surface area contributed by atoms with Gasteiger partial charge in [-0.05, 0) is 38.1 Å².